The summed E-state index contributed by atoms with van der Waals surface area (Å²) in [5.74, 6) is 0. The van der Waals surface area contributed by atoms with Crippen molar-refractivity contribution in [3.63, 3.8) is 0 Å². The molecule has 0 radical (unpaired) electrons. The van der Waals surface area contributed by atoms with E-state index in [0.717, 1.165) is 17.8 Å². The molecule has 0 atom stereocenters. The van der Waals surface area contributed by atoms with E-state index in [1.165, 1.54) is 6.20 Å². The summed E-state index contributed by atoms with van der Waals surface area (Å²) >= 11 is 6.57. The molecule has 0 aromatic carbocycles. The maximum Gasteiger partial charge on any atom is 0.251 e. The first kappa shape index (κ1) is 15.8. The topological polar surface area (TPSA) is 68.3 Å². The zero-order chi connectivity index (χ0) is 13.8. The molecule has 104 valence electrons. The number of halogens is 1. The highest BCUT2D eigenvalue weighted by Crippen LogP contribution is 2.24. The first-order chi connectivity index (χ1) is 8.27. The van der Waals surface area contributed by atoms with Crippen molar-refractivity contribution in [2.45, 2.75) is 24.5 Å². The van der Waals surface area contributed by atoms with Crippen molar-refractivity contribution in [1.29, 1.82) is 0 Å². The predicted molar refractivity (Wildman–Crippen MR) is 72.6 cm³/mol. The summed E-state index contributed by atoms with van der Waals surface area (Å²) in [4.78, 5) is 3.72. The molecule has 0 saturated carbocycles. The molecule has 0 spiro atoms. The van der Waals surface area contributed by atoms with Crippen molar-refractivity contribution in [2.24, 2.45) is 5.41 Å². The normalized spacial score (nSPS) is 12.9. The van der Waals surface area contributed by atoms with Gasteiger partial charge in [-0.1, -0.05) is 36.8 Å². The van der Waals surface area contributed by atoms with E-state index in [2.05, 4.69) is 9.71 Å². The molecule has 1 rings (SSSR count). The first-order valence-electron chi connectivity index (χ1n) is 5.37. The molecule has 0 aliphatic rings. The molecule has 0 bridgehead atoms. The summed E-state index contributed by atoms with van der Waals surface area (Å²) in [5.41, 5.74) is -0.169. The van der Waals surface area contributed by atoms with Crippen LogP contribution in [0.4, 0.5) is 0 Å². The van der Waals surface area contributed by atoms with Gasteiger partial charge in [0.25, 0.3) is 10.0 Å². The van der Waals surface area contributed by atoms with E-state index >= 15 is 0 Å². The number of rotatable bonds is 7. The van der Waals surface area contributed by atoms with Gasteiger partial charge in [0.2, 0.25) is 0 Å². The third-order valence-electron chi connectivity index (χ3n) is 2.44. The highest BCUT2D eigenvalue weighted by atomic mass is 35.5. The van der Waals surface area contributed by atoms with E-state index in [1.807, 2.05) is 13.8 Å². The van der Waals surface area contributed by atoms with Gasteiger partial charge in [-0.25, -0.2) is 18.1 Å². The Bertz CT molecular complexity index is 485. The quantitative estimate of drug-likeness (QED) is 0.837. The van der Waals surface area contributed by atoms with Crippen LogP contribution in [0.2, 0.25) is 4.47 Å². The number of aromatic nitrogens is 1. The fraction of sp³-hybridized carbons (Fsp3) is 0.700. The van der Waals surface area contributed by atoms with Crippen LogP contribution in [0.1, 0.15) is 20.3 Å². The molecule has 1 heterocycles. The van der Waals surface area contributed by atoms with Crippen LogP contribution in [-0.2, 0) is 14.8 Å². The Balaban J connectivity index is 2.62. The molecule has 1 aromatic heterocycles. The van der Waals surface area contributed by atoms with Gasteiger partial charge in [-0.05, 0) is 11.8 Å². The summed E-state index contributed by atoms with van der Waals surface area (Å²) in [6.45, 7) is 4.90. The molecule has 0 aliphatic heterocycles. The summed E-state index contributed by atoms with van der Waals surface area (Å²) in [6, 6.07) is 0. The van der Waals surface area contributed by atoms with Crippen LogP contribution in [0.25, 0.3) is 0 Å². The fourth-order valence-electron chi connectivity index (χ4n) is 1.19. The van der Waals surface area contributed by atoms with Gasteiger partial charge in [0.15, 0.2) is 8.68 Å². The third kappa shape index (κ3) is 4.81. The second-order valence-electron chi connectivity index (χ2n) is 4.66. The maximum absolute atomic E-state index is 11.9. The van der Waals surface area contributed by atoms with Gasteiger partial charge in [0, 0.05) is 20.3 Å². The number of ether oxygens (including phenoxy) is 1. The van der Waals surface area contributed by atoms with Crippen LogP contribution >= 0.6 is 22.9 Å². The third-order valence-corrected chi connectivity index (χ3v) is 5.42. The second-order valence-corrected chi connectivity index (χ2v) is 8.27. The average Bonchev–Trinajstić information content (AvgIpc) is 2.72. The molecule has 0 unspecified atom stereocenters. The Morgan fingerprint density at radius 3 is 2.72 bits per heavy atom. The maximum atomic E-state index is 11.9. The van der Waals surface area contributed by atoms with Gasteiger partial charge in [0.1, 0.15) is 0 Å². The lowest BCUT2D eigenvalue weighted by molar-refractivity contribution is 0.153. The Labute approximate surface area is 117 Å². The lowest BCUT2D eigenvalue weighted by Crippen LogP contribution is -2.34. The summed E-state index contributed by atoms with van der Waals surface area (Å²) in [5, 5.41) is 0. The number of sulfonamides is 1. The lowest BCUT2D eigenvalue weighted by Gasteiger charge is -2.24. The number of methoxy groups -OCH3 is 1. The van der Waals surface area contributed by atoms with Crippen LogP contribution in [0.15, 0.2) is 10.4 Å². The van der Waals surface area contributed by atoms with E-state index in [4.69, 9.17) is 16.3 Å². The highest BCUT2D eigenvalue weighted by molar-refractivity contribution is 7.91. The van der Waals surface area contributed by atoms with Crippen LogP contribution in [0.3, 0.4) is 0 Å². The summed E-state index contributed by atoms with van der Waals surface area (Å²) in [6.07, 6.45) is 2.03. The number of hydrogen-bond donors (Lipinski definition) is 1. The zero-order valence-electron chi connectivity index (χ0n) is 10.6. The minimum absolute atomic E-state index is 0.134. The molecular weight excluding hydrogens is 296 g/mol. The number of thiazole rings is 1. The van der Waals surface area contributed by atoms with Crippen molar-refractivity contribution in [3.8, 4) is 0 Å². The van der Waals surface area contributed by atoms with Gasteiger partial charge >= 0.3 is 0 Å². The lowest BCUT2D eigenvalue weighted by atomic mass is 9.90. The van der Waals surface area contributed by atoms with Gasteiger partial charge in [-0.15, -0.1) is 0 Å². The Hall–Kier alpha value is -0.210. The molecule has 0 aliphatic carbocycles. The van der Waals surface area contributed by atoms with Crippen LogP contribution in [-0.4, -0.2) is 33.7 Å². The standard InChI is InChI=1S/C10H17ClN2O3S2/c1-10(2,4-5-16-3)7-13-18(14,15)8-6-12-9(11)17-8/h6,13H,4-5,7H2,1-3H3. The SMILES string of the molecule is COCCC(C)(C)CNS(=O)(=O)c1cnc(Cl)s1. The van der Waals surface area contributed by atoms with Crippen molar-refractivity contribution in [3.05, 3.63) is 10.7 Å². The van der Waals surface area contributed by atoms with E-state index in [0.29, 0.717) is 13.2 Å². The summed E-state index contributed by atoms with van der Waals surface area (Å²) < 4.78 is 31.8. The minimum Gasteiger partial charge on any atom is -0.385 e. The number of nitrogens with zero attached hydrogens (tertiary/aromatic N) is 1. The van der Waals surface area contributed by atoms with E-state index in [9.17, 15) is 8.42 Å². The number of hydrogen-bond acceptors (Lipinski definition) is 5. The minimum atomic E-state index is -3.52. The smallest absolute Gasteiger partial charge is 0.251 e. The van der Waals surface area contributed by atoms with Gasteiger partial charge in [-0.3, -0.25) is 0 Å². The van der Waals surface area contributed by atoms with Crippen LogP contribution in [0.5, 0.6) is 0 Å². The second kappa shape index (κ2) is 6.29. The molecule has 1 N–H and O–H groups in total. The first-order valence-corrected chi connectivity index (χ1v) is 8.04. The van der Waals surface area contributed by atoms with Gasteiger partial charge < -0.3 is 4.74 Å². The monoisotopic (exact) mass is 312 g/mol. The van der Waals surface area contributed by atoms with E-state index in [-0.39, 0.29) is 14.1 Å². The van der Waals surface area contributed by atoms with Crippen molar-refractivity contribution < 1.29 is 13.2 Å². The molecule has 0 saturated heterocycles. The Morgan fingerprint density at radius 2 is 2.22 bits per heavy atom. The summed E-state index contributed by atoms with van der Waals surface area (Å²) in [7, 11) is -1.89. The van der Waals surface area contributed by atoms with E-state index < -0.39 is 10.0 Å². The number of nitrogens with one attached hydrogen (secondary N) is 1. The molecular formula is C10H17ClN2O3S2. The Morgan fingerprint density at radius 1 is 1.56 bits per heavy atom. The largest absolute Gasteiger partial charge is 0.385 e. The van der Waals surface area contributed by atoms with Gasteiger partial charge in [-0.2, -0.15) is 0 Å². The fourth-order valence-corrected chi connectivity index (χ4v) is 3.77. The van der Waals surface area contributed by atoms with Crippen LogP contribution in [0, 0.1) is 5.41 Å². The molecule has 5 nitrogen and oxygen atoms in total. The predicted octanol–water partition coefficient (Wildman–Crippen LogP) is 2.14. The van der Waals surface area contributed by atoms with E-state index in [1.54, 1.807) is 7.11 Å². The average molecular weight is 313 g/mol. The highest BCUT2D eigenvalue weighted by Gasteiger charge is 2.23. The molecule has 0 amide bonds. The van der Waals surface area contributed by atoms with Crippen molar-refractivity contribution in [1.82, 2.24) is 9.71 Å². The van der Waals surface area contributed by atoms with Crippen molar-refractivity contribution in [2.75, 3.05) is 20.3 Å². The molecule has 1 aromatic rings. The molecule has 0 fully saturated rings. The van der Waals surface area contributed by atoms with Crippen molar-refractivity contribution >= 4 is 33.0 Å². The molecule has 8 heteroatoms. The van der Waals surface area contributed by atoms with Crippen LogP contribution < -0.4 is 4.72 Å². The Kier molecular flexibility index (Phi) is 5.54. The molecule has 18 heavy (non-hydrogen) atoms. The van der Waals surface area contributed by atoms with Gasteiger partial charge in [0.05, 0.1) is 6.20 Å². The zero-order valence-corrected chi connectivity index (χ0v) is 13.0.